The summed E-state index contributed by atoms with van der Waals surface area (Å²) >= 11 is 0. The normalized spacial score (nSPS) is 20.7. The lowest BCUT2D eigenvalue weighted by molar-refractivity contribution is -0.153. The maximum atomic E-state index is 11.7. The van der Waals surface area contributed by atoms with Gasteiger partial charge in [0.1, 0.15) is 6.04 Å². The molecule has 1 heterocycles. The molecule has 1 unspecified atom stereocenters. The highest BCUT2D eigenvalue weighted by atomic mass is 16.7. The molecule has 0 bridgehead atoms. The highest BCUT2D eigenvalue weighted by Crippen LogP contribution is 2.19. The number of piperidine rings is 1. The molecule has 19 heavy (non-hydrogen) atoms. The second-order valence-corrected chi connectivity index (χ2v) is 4.70. The Morgan fingerprint density at radius 1 is 1.26 bits per heavy atom. The molecule has 0 radical (unpaired) electrons. The Hall–Kier alpha value is -0.650. The first-order chi connectivity index (χ1) is 9.22. The Kier molecular flexibility index (Phi) is 8.02. The minimum absolute atomic E-state index is 0.0948. The fourth-order valence-corrected chi connectivity index (χ4v) is 2.52. The first-order valence-corrected chi connectivity index (χ1v) is 7.28. The monoisotopic (exact) mass is 273 g/mol. The minimum atomic E-state index is -0.171. The van der Waals surface area contributed by atoms with E-state index in [2.05, 4.69) is 4.90 Å². The third kappa shape index (κ3) is 5.47. The highest BCUT2D eigenvalue weighted by Gasteiger charge is 2.29. The van der Waals surface area contributed by atoms with Gasteiger partial charge in [-0.15, -0.1) is 0 Å². The minimum Gasteiger partial charge on any atom is -0.468 e. The molecular weight excluding hydrogens is 246 g/mol. The molecule has 0 saturated carbocycles. The van der Waals surface area contributed by atoms with Crippen LogP contribution >= 0.6 is 0 Å². The standard InChI is InChI=1S/C14H27NO4/c1-4-18-13(19-5-2)9-11-15-10-7-6-8-12(15)14(16)17-3/h12-13H,4-11H2,1-3H3. The first kappa shape index (κ1) is 16.4. The predicted octanol–water partition coefficient (Wildman–Crippen LogP) is 1.80. The van der Waals surface area contributed by atoms with Gasteiger partial charge in [0.2, 0.25) is 0 Å². The average molecular weight is 273 g/mol. The Balaban J connectivity index is 2.45. The number of esters is 1. The molecule has 1 saturated heterocycles. The zero-order valence-electron chi connectivity index (χ0n) is 12.4. The number of carbonyl (C=O) groups is 1. The second-order valence-electron chi connectivity index (χ2n) is 4.70. The van der Waals surface area contributed by atoms with E-state index in [0.717, 1.165) is 38.8 Å². The highest BCUT2D eigenvalue weighted by molar-refractivity contribution is 5.75. The summed E-state index contributed by atoms with van der Waals surface area (Å²) in [4.78, 5) is 13.9. The van der Waals surface area contributed by atoms with Crippen LogP contribution in [0.5, 0.6) is 0 Å². The van der Waals surface area contributed by atoms with Crippen LogP contribution < -0.4 is 0 Å². The zero-order chi connectivity index (χ0) is 14.1. The number of hydrogen-bond acceptors (Lipinski definition) is 5. The topological polar surface area (TPSA) is 48.0 Å². The molecule has 1 rings (SSSR count). The van der Waals surface area contributed by atoms with Gasteiger partial charge in [-0.2, -0.15) is 0 Å². The molecule has 1 atom stereocenters. The van der Waals surface area contributed by atoms with Crippen LogP contribution in [0.3, 0.4) is 0 Å². The summed E-state index contributed by atoms with van der Waals surface area (Å²) in [5.41, 5.74) is 0. The molecule has 5 heteroatoms. The number of methoxy groups -OCH3 is 1. The van der Waals surface area contributed by atoms with Crippen molar-refractivity contribution in [2.24, 2.45) is 0 Å². The van der Waals surface area contributed by atoms with Gasteiger partial charge in [-0.25, -0.2) is 0 Å². The molecule has 5 nitrogen and oxygen atoms in total. The lowest BCUT2D eigenvalue weighted by Gasteiger charge is -2.34. The number of rotatable bonds is 8. The van der Waals surface area contributed by atoms with Crippen LogP contribution in [0.15, 0.2) is 0 Å². The Bertz CT molecular complexity index is 254. The zero-order valence-corrected chi connectivity index (χ0v) is 12.4. The van der Waals surface area contributed by atoms with E-state index in [1.807, 2.05) is 13.8 Å². The van der Waals surface area contributed by atoms with Gasteiger partial charge >= 0.3 is 5.97 Å². The van der Waals surface area contributed by atoms with Crippen molar-refractivity contribution in [1.29, 1.82) is 0 Å². The molecule has 0 aromatic carbocycles. The summed E-state index contributed by atoms with van der Waals surface area (Å²) in [6.07, 6.45) is 3.74. The van der Waals surface area contributed by atoms with E-state index in [-0.39, 0.29) is 18.3 Å². The molecule has 0 N–H and O–H groups in total. The number of hydrogen-bond donors (Lipinski definition) is 0. The van der Waals surface area contributed by atoms with Gasteiger partial charge in [0.25, 0.3) is 0 Å². The van der Waals surface area contributed by atoms with Gasteiger partial charge in [-0.1, -0.05) is 6.42 Å². The molecule has 0 aromatic heterocycles. The summed E-state index contributed by atoms with van der Waals surface area (Å²) in [7, 11) is 1.46. The van der Waals surface area contributed by atoms with Crippen LogP contribution in [-0.4, -0.2) is 56.6 Å². The lowest BCUT2D eigenvalue weighted by atomic mass is 10.0. The molecule has 0 aliphatic carbocycles. The smallest absolute Gasteiger partial charge is 0.323 e. The van der Waals surface area contributed by atoms with Crippen LogP contribution in [0.1, 0.15) is 39.5 Å². The van der Waals surface area contributed by atoms with E-state index in [9.17, 15) is 4.79 Å². The van der Waals surface area contributed by atoms with Crippen molar-refractivity contribution < 1.29 is 19.0 Å². The first-order valence-electron chi connectivity index (χ1n) is 7.28. The maximum Gasteiger partial charge on any atom is 0.323 e. The number of nitrogens with zero attached hydrogens (tertiary/aromatic N) is 1. The third-order valence-electron chi connectivity index (χ3n) is 3.44. The lowest BCUT2D eigenvalue weighted by Crippen LogP contribution is -2.46. The molecule has 1 aliphatic rings. The summed E-state index contributed by atoms with van der Waals surface area (Å²) in [5.74, 6) is -0.121. The molecule has 0 amide bonds. The van der Waals surface area contributed by atoms with E-state index < -0.39 is 0 Å². The SMILES string of the molecule is CCOC(CCN1CCCCC1C(=O)OC)OCC. The number of likely N-dealkylation sites (tertiary alicyclic amines) is 1. The van der Waals surface area contributed by atoms with Crippen molar-refractivity contribution in [3.63, 3.8) is 0 Å². The Morgan fingerprint density at radius 3 is 2.53 bits per heavy atom. The van der Waals surface area contributed by atoms with Crippen LogP contribution in [0.4, 0.5) is 0 Å². The molecule has 0 aromatic rings. The molecule has 1 fully saturated rings. The van der Waals surface area contributed by atoms with Gasteiger partial charge in [0.05, 0.1) is 7.11 Å². The predicted molar refractivity (Wildman–Crippen MR) is 72.9 cm³/mol. The van der Waals surface area contributed by atoms with E-state index in [4.69, 9.17) is 14.2 Å². The van der Waals surface area contributed by atoms with E-state index >= 15 is 0 Å². The fourth-order valence-electron chi connectivity index (χ4n) is 2.52. The van der Waals surface area contributed by atoms with Gasteiger partial charge in [0.15, 0.2) is 6.29 Å². The van der Waals surface area contributed by atoms with Crippen molar-refractivity contribution in [2.75, 3.05) is 33.4 Å². The van der Waals surface area contributed by atoms with Crippen molar-refractivity contribution in [3.05, 3.63) is 0 Å². The van der Waals surface area contributed by atoms with Crippen molar-refractivity contribution >= 4 is 5.97 Å². The third-order valence-corrected chi connectivity index (χ3v) is 3.44. The maximum absolute atomic E-state index is 11.7. The fraction of sp³-hybridized carbons (Fsp3) is 0.929. The quantitative estimate of drug-likeness (QED) is 0.498. The van der Waals surface area contributed by atoms with Gasteiger partial charge in [-0.3, -0.25) is 9.69 Å². The molecular formula is C14H27NO4. The summed E-state index contributed by atoms with van der Waals surface area (Å²) in [6.45, 7) is 6.97. The van der Waals surface area contributed by atoms with E-state index in [0.29, 0.717) is 13.2 Å². The Morgan fingerprint density at radius 2 is 1.95 bits per heavy atom. The average Bonchev–Trinajstić information content (AvgIpc) is 2.44. The van der Waals surface area contributed by atoms with Crippen molar-refractivity contribution in [3.8, 4) is 0 Å². The number of ether oxygens (including phenoxy) is 3. The van der Waals surface area contributed by atoms with E-state index in [1.165, 1.54) is 7.11 Å². The van der Waals surface area contributed by atoms with Crippen LogP contribution in [0, 0.1) is 0 Å². The largest absolute Gasteiger partial charge is 0.468 e. The molecule has 0 spiro atoms. The van der Waals surface area contributed by atoms with Crippen molar-refractivity contribution in [2.45, 2.75) is 51.9 Å². The Labute approximate surface area is 116 Å². The van der Waals surface area contributed by atoms with E-state index in [1.54, 1.807) is 0 Å². The summed E-state index contributed by atoms with van der Waals surface area (Å²) in [5, 5.41) is 0. The van der Waals surface area contributed by atoms with Gasteiger partial charge in [0, 0.05) is 26.2 Å². The molecule has 1 aliphatic heterocycles. The van der Waals surface area contributed by atoms with Crippen LogP contribution in [0.2, 0.25) is 0 Å². The summed E-state index contributed by atoms with van der Waals surface area (Å²) in [6, 6.07) is -0.0948. The molecule has 112 valence electrons. The second kappa shape index (κ2) is 9.28. The van der Waals surface area contributed by atoms with Gasteiger partial charge in [-0.05, 0) is 33.2 Å². The van der Waals surface area contributed by atoms with Gasteiger partial charge < -0.3 is 14.2 Å². The van der Waals surface area contributed by atoms with Crippen LogP contribution in [-0.2, 0) is 19.0 Å². The van der Waals surface area contributed by atoms with Crippen molar-refractivity contribution in [1.82, 2.24) is 4.90 Å². The van der Waals surface area contributed by atoms with Crippen LogP contribution in [0.25, 0.3) is 0 Å². The summed E-state index contributed by atoms with van der Waals surface area (Å²) < 4.78 is 15.9. The number of carbonyl (C=O) groups excluding carboxylic acids is 1.